The molecule has 0 aliphatic rings. The number of nitrogens with zero attached hydrogens (tertiary/aromatic N) is 2. The Kier molecular flexibility index (Phi) is 6.76. The fraction of sp³-hybridized carbons (Fsp3) is 0.190. The van der Waals surface area contributed by atoms with Crippen molar-refractivity contribution in [2.24, 2.45) is 0 Å². The number of amides is 1. The van der Waals surface area contributed by atoms with E-state index in [2.05, 4.69) is 10.4 Å². The van der Waals surface area contributed by atoms with Crippen LogP contribution in [0.1, 0.15) is 6.92 Å². The van der Waals surface area contributed by atoms with Crippen LogP contribution in [0.5, 0.6) is 17.4 Å². The van der Waals surface area contributed by atoms with Crippen LogP contribution in [0.2, 0.25) is 5.02 Å². The predicted molar refractivity (Wildman–Crippen MR) is 113 cm³/mol. The summed E-state index contributed by atoms with van der Waals surface area (Å²) in [7, 11) is 2.91. The van der Waals surface area contributed by atoms with Crippen molar-refractivity contribution in [1.82, 2.24) is 9.78 Å². The van der Waals surface area contributed by atoms with Gasteiger partial charge in [0.1, 0.15) is 17.3 Å². The van der Waals surface area contributed by atoms with Crippen LogP contribution >= 0.6 is 11.6 Å². The largest absolute Gasteiger partial charge is 0.495 e. The van der Waals surface area contributed by atoms with Gasteiger partial charge in [-0.15, -0.1) is 5.10 Å². The first-order valence-electron chi connectivity index (χ1n) is 9.07. The Bertz CT molecular complexity index is 1150. The topological polar surface area (TPSA) is 91.7 Å². The summed E-state index contributed by atoms with van der Waals surface area (Å²) in [6, 6.07) is 10.9. The molecule has 0 unspecified atom stereocenters. The smallest absolute Gasteiger partial charge is 0.271 e. The zero-order valence-corrected chi connectivity index (χ0v) is 17.6. The van der Waals surface area contributed by atoms with Gasteiger partial charge in [-0.1, -0.05) is 11.6 Å². The van der Waals surface area contributed by atoms with Crippen molar-refractivity contribution in [3.63, 3.8) is 0 Å². The van der Waals surface area contributed by atoms with Gasteiger partial charge in [0.05, 0.1) is 30.6 Å². The fourth-order valence-corrected chi connectivity index (χ4v) is 2.89. The Morgan fingerprint density at radius 3 is 2.42 bits per heavy atom. The Hall–Kier alpha value is -3.59. The van der Waals surface area contributed by atoms with Crippen LogP contribution in [0, 0.1) is 5.82 Å². The number of benzene rings is 2. The summed E-state index contributed by atoms with van der Waals surface area (Å²) in [5.41, 5.74) is 0.248. The molecule has 1 heterocycles. The number of rotatable bonds is 7. The van der Waals surface area contributed by atoms with Crippen molar-refractivity contribution in [1.29, 1.82) is 0 Å². The number of carbonyl (C=O) groups excluding carboxylic acids is 1. The summed E-state index contributed by atoms with van der Waals surface area (Å²) in [5.74, 6) is -0.159. The molecule has 31 heavy (non-hydrogen) atoms. The normalized spacial score (nSPS) is 11.5. The lowest BCUT2D eigenvalue weighted by Gasteiger charge is -2.17. The van der Waals surface area contributed by atoms with E-state index in [9.17, 15) is 14.0 Å². The average molecular weight is 448 g/mol. The number of methoxy groups -OCH3 is 2. The number of hydrogen-bond acceptors (Lipinski definition) is 6. The molecule has 1 atom stereocenters. The molecule has 1 aromatic heterocycles. The van der Waals surface area contributed by atoms with Crippen molar-refractivity contribution < 1.29 is 23.4 Å². The van der Waals surface area contributed by atoms with Gasteiger partial charge in [0.25, 0.3) is 11.5 Å². The van der Waals surface area contributed by atoms with Crippen molar-refractivity contribution in [3.05, 3.63) is 69.7 Å². The molecule has 0 saturated carbocycles. The first-order valence-corrected chi connectivity index (χ1v) is 9.45. The van der Waals surface area contributed by atoms with E-state index < -0.39 is 23.4 Å². The Morgan fingerprint density at radius 2 is 1.77 bits per heavy atom. The Labute approximate surface area is 182 Å². The second-order valence-electron chi connectivity index (χ2n) is 6.33. The van der Waals surface area contributed by atoms with E-state index in [1.165, 1.54) is 63.6 Å². The molecule has 162 valence electrons. The minimum Gasteiger partial charge on any atom is -0.495 e. The van der Waals surface area contributed by atoms with Crippen molar-refractivity contribution in [2.75, 3.05) is 19.5 Å². The zero-order valence-electron chi connectivity index (χ0n) is 16.9. The van der Waals surface area contributed by atoms with E-state index in [1.54, 1.807) is 6.07 Å². The van der Waals surface area contributed by atoms with Gasteiger partial charge in [0.15, 0.2) is 6.10 Å². The third kappa shape index (κ3) is 5.13. The van der Waals surface area contributed by atoms with E-state index in [-0.39, 0.29) is 5.88 Å². The van der Waals surface area contributed by atoms with Gasteiger partial charge in [0.2, 0.25) is 5.88 Å². The molecule has 3 rings (SSSR count). The van der Waals surface area contributed by atoms with Crippen molar-refractivity contribution >= 4 is 23.2 Å². The molecule has 0 bridgehead atoms. The molecule has 0 fully saturated rings. The molecule has 2 aromatic carbocycles. The molecule has 0 aliphatic carbocycles. The third-order valence-corrected chi connectivity index (χ3v) is 4.54. The van der Waals surface area contributed by atoms with E-state index in [0.717, 1.165) is 4.68 Å². The molecule has 0 radical (unpaired) electrons. The van der Waals surface area contributed by atoms with Gasteiger partial charge in [0, 0.05) is 18.2 Å². The molecule has 3 aromatic rings. The number of carbonyl (C=O) groups is 1. The SMILES string of the molecule is COc1cc(OC)c(NC(=O)[C@H](C)Oc2ccc(=O)n(-c3ccc(F)cc3)n2)cc1Cl. The van der Waals surface area contributed by atoms with Crippen LogP contribution < -0.4 is 25.1 Å². The van der Waals surface area contributed by atoms with E-state index >= 15 is 0 Å². The summed E-state index contributed by atoms with van der Waals surface area (Å²) in [5, 5.41) is 7.05. The molecule has 1 N–H and O–H groups in total. The lowest BCUT2D eigenvalue weighted by Crippen LogP contribution is -2.31. The summed E-state index contributed by atoms with van der Waals surface area (Å²) in [6.45, 7) is 1.52. The highest BCUT2D eigenvalue weighted by atomic mass is 35.5. The summed E-state index contributed by atoms with van der Waals surface area (Å²) < 4.78 is 30.2. The minimum absolute atomic E-state index is 0.0336. The van der Waals surface area contributed by atoms with E-state index in [1.807, 2.05) is 0 Å². The highest BCUT2D eigenvalue weighted by Gasteiger charge is 2.19. The van der Waals surface area contributed by atoms with Gasteiger partial charge < -0.3 is 19.5 Å². The van der Waals surface area contributed by atoms with Crippen LogP contribution in [0.3, 0.4) is 0 Å². The molecule has 10 heteroatoms. The second-order valence-corrected chi connectivity index (χ2v) is 6.74. The van der Waals surface area contributed by atoms with Crippen molar-refractivity contribution in [2.45, 2.75) is 13.0 Å². The zero-order chi connectivity index (χ0) is 22.5. The van der Waals surface area contributed by atoms with Crippen LogP contribution in [0.15, 0.2) is 53.3 Å². The maximum Gasteiger partial charge on any atom is 0.271 e. The maximum atomic E-state index is 13.1. The van der Waals surface area contributed by atoms with Crippen LogP contribution in [0.4, 0.5) is 10.1 Å². The molecule has 0 aliphatic heterocycles. The molecule has 0 saturated heterocycles. The monoisotopic (exact) mass is 447 g/mol. The van der Waals surface area contributed by atoms with E-state index in [0.29, 0.717) is 27.9 Å². The lowest BCUT2D eigenvalue weighted by molar-refractivity contribution is -0.122. The standard InChI is InChI=1S/C21H19ClFN3O5/c1-12(21(28)24-16-10-15(22)17(29-2)11-18(16)30-3)31-19-8-9-20(27)26(25-19)14-6-4-13(23)5-7-14/h4-12H,1-3H3,(H,24,28)/t12-/m0/s1. The van der Waals surface area contributed by atoms with Crippen LogP contribution in [0.25, 0.3) is 5.69 Å². The molecule has 1 amide bonds. The van der Waals surface area contributed by atoms with Gasteiger partial charge in [-0.05, 0) is 37.3 Å². The number of nitrogens with one attached hydrogen (secondary N) is 1. The molecule has 0 spiro atoms. The third-order valence-electron chi connectivity index (χ3n) is 4.25. The summed E-state index contributed by atoms with van der Waals surface area (Å²) in [6.07, 6.45) is -0.975. The van der Waals surface area contributed by atoms with Gasteiger partial charge in [-0.25, -0.2) is 4.39 Å². The van der Waals surface area contributed by atoms with Crippen molar-refractivity contribution in [3.8, 4) is 23.1 Å². The van der Waals surface area contributed by atoms with Crippen LogP contribution in [-0.4, -0.2) is 36.0 Å². The molecule has 8 nitrogen and oxygen atoms in total. The minimum atomic E-state index is -0.975. The highest BCUT2D eigenvalue weighted by molar-refractivity contribution is 6.32. The Balaban J connectivity index is 1.77. The maximum absolute atomic E-state index is 13.1. The summed E-state index contributed by atoms with van der Waals surface area (Å²) >= 11 is 6.12. The number of anilines is 1. The van der Waals surface area contributed by atoms with E-state index in [4.69, 9.17) is 25.8 Å². The molecular formula is C21H19ClFN3O5. The van der Waals surface area contributed by atoms with Gasteiger partial charge >= 0.3 is 0 Å². The quantitative estimate of drug-likeness (QED) is 0.596. The first kappa shape index (κ1) is 22.1. The first-order chi connectivity index (χ1) is 14.8. The lowest BCUT2D eigenvalue weighted by atomic mass is 10.2. The number of hydrogen-bond donors (Lipinski definition) is 1. The average Bonchev–Trinajstić information content (AvgIpc) is 2.76. The number of aromatic nitrogens is 2. The summed E-state index contributed by atoms with van der Waals surface area (Å²) in [4.78, 5) is 24.7. The number of halogens is 2. The number of ether oxygens (including phenoxy) is 3. The fourth-order valence-electron chi connectivity index (χ4n) is 2.65. The van der Waals surface area contributed by atoms with Gasteiger partial charge in [-0.2, -0.15) is 4.68 Å². The van der Waals surface area contributed by atoms with Crippen LogP contribution in [-0.2, 0) is 4.79 Å². The predicted octanol–water partition coefficient (Wildman–Crippen LogP) is 3.45. The highest BCUT2D eigenvalue weighted by Crippen LogP contribution is 2.36. The molecular weight excluding hydrogens is 429 g/mol. The Morgan fingerprint density at radius 1 is 1.10 bits per heavy atom. The van der Waals surface area contributed by atoms with Gasteiger partial charge in [-0.3, -0.25) is 9.59 Å². The second kappa shape index (κ2) is 9.48.